The summed E-state index contributed by atoms with van der Waals surface area (Å²) in [4.78, 5) is 2.45. The van der Waals surface area contributed by atoms with Gasteiger partial charge >= 0.3 is 0 Å². The largest absolute Gasteiger partial charge is 0.399 e. The van der Waals surface area contributed by atoms with Crippen molar-refractivity contribution in [3.63, 3.8) is 0 Å². The number of rotatable bonds is 5. The molecule has 0 aliphatic carbocycles. The number of nitrogen functional groups attached to an aromatic ring is 1. The maximum absolute atomic E-state index is 5.83. The van der Waals surface area contributed by atoms with E-state index in [1.807, 2.05) is 6.07 Å². The first kappa shape index (κ1) is 13.0. The van der Waals surface area contributed by atoms with E-state index in [9.17, 15) is 0 Å². The highest BCUT2D eigenvalue weighted by Crippen LogP contribution is 2.21. The summed E-state index contributed by atoms with van der Waals surface area (Å²) in [5.74, 6) is 0. The Morgan fingerprint density at radius 3 is 2.56 bits per heavy atom. The highest BCUT2D eigenvalue weighted by Gasteiger charge is 2.07. The van der Waals surface area contributed by atoms with Crippen LogP contribution in [0.4, 0.5) is 5.69 Å². The van der Waals surface area contributed by atoms with Crippen molar-refractivity contribution in [3.05, 3.63) is 30.0 Å². The quantitative estimate of drug-likeness (QED) is 0.822. The molecule has 2 rings (SSSR count). The van der Waals surface area contributed by atoms with Crippen LogP contribution in [-0.4, -0.2) is 29.1 Å². The van der Waals surface area contributed by atoms with Crippen molar-refractivity contribution < 1.29 is 0 Å². The Labute approximate surface area is 109 Å². The van der Waals surface area contributed by atoms with Crippen LogP contribution in [0, 0.1) is 6.92 Å². The molecule has 0 saturated carbocycles. The zero-order valence-corrected chi connectivity index (χ0v) is 11.6. The van der Waals surface area contributed by atoms with Crippen molar-refractivity contribution in [1.29, 1.82) is 0 Å². The highest BCUT2D eigenvalue weighted by molar-refractivity contribution is 5.84. The summed E-state index contributed by atoms with van der Waals surface area (Å²) in [6.07, 6.45) is 0. The Hall–Kier alpha value is -1.48. The van der Waals surface area contributed by atoms with E-state index in [0.29, 0.717) is 0 Å². The topological polar surface area (TPSA) is 34.2 Å². The molecule has 3 heteroatoms. The minimum Gasteiger partial charge on any atom is -0.399 e. The number of aryl methyl sites for hydroxylation is 1. The van der Waals surface area contributed by atoms with E-state index in [-0.39, 0.29) is 0 Å². The molecule has 0 radical (unpaired) electrons. The van der Waals surface area contributed by atoms with Gasteiger partial charge in [-0.2, -0.15) is 0 Å². The standard InChI is InChI=1S/C15H23N3/c1-4-17(5-2)8-9-18-12(3)10-13-11-14(16)6-7-15(13)18/h6-7,10-11H,4-5,8-9,16H2,1-3H3. The Morgan fingerprint density at radius 1 is 1.17 bits per heavy atom. The second-order valence-corrected chi connectivity index (χ2v) is 4.78. The van der Waals surface area contributed by atoms with Gasteiger partial charge in [0.15, 0.2) is 0 Å². The lowest BCUT2D eigenvalue weighted by molar-refractivity contribution is 0.291. The molecule has 18 heavy (non-hydrogen) atoms. The monoisotopic (exact) mass is 245 g/mol. The third-order valence-electron chi connectivity index (χ3n) is 3.67. The number of nitrogens with zero attached hydrogens (tertiary/aromatic N) is 2. The Bertz CT molecular complexity index is 524. The first-order valence-electron chi connectivity index (χ1n) is 6.73. The third-order valence-corrected chi connectivity index (χ3v) is 3.67. The molecule has 0 bridgehead atoms. The minimum atomic E-state index is 0.836. The number of nitrogens with two attached hydrogens (primary N) is 1. The number of benzene rings is 1. The smallest absolute Gasteiger partial charge is 0.0484 e. The van der Waals surface area contributed by atoms with Gasteiger partial charge in [0.1, 0.15) is 0 Å². The van der Waals surface area contributed by atoms with Crippen LogP contribution in [0.1, 0.15) is 19.5 Å². The number of fused-ring (bicyclic) bond motifs is 1. The predicted octanol–water partition coefficient (Wildman–Crippen LogP) is 2.87. The first-order valence-corrected chi connectivity index (χ1v) is 6.73. The maximum atomic E-state index is 5.83. The van der Waals surface area contributed by atoms with Gasteiger partial charge in [-0.25, -0.2) is 0 Å². The molecule has 0 fully saturated rings. The van der Waals surface area contributed by atoms with Crippen LogP contribution in [0.25, 0.3) is 10.9 Å². The molecule has 0 aliphatic heterocycles. The minimum absolute atomic E-state index is 0.836. The molecule has 0 saturated heterocycles. The molecule has 0 aliphatic rings. The number of hydrogen-bond donors (Lipinski definition) is 1. The molecule has 3 nitrogen and oxygen atoms in total. The van der Waals surface area contributed by atoms with Crippen molar-refractivity contribution in [2.75, 3.05) is 25.4 Å². The average molecular weight is 245 g/mol. The molecule has 1 heterocycles. The zero-order chi connectivity index (χ0) is 13.1. The predicted molar refractivity (Wildman–Crippen MR) is 78.9 cm³/mol. The molecule has 2 aromatic rings. The summed E-state index contributed by atoms with van der Waals surface area (Å²) in [6.45, 7) is 11.0. The SMILES string of the molecule is CCN(CC)CCn1c(C)cc2cc(N)ccc21. The fourth-order valence-corrected chi connectivity index (χ4v) is 2.51. The summed E-state index contributed by atoms with van der Waals surface area (Å²) < 4.78 is 2.38. The molecule has 2 N–H and O–H groups in total. The third kappa shape index (κ3) is 2.51. The summed E-state index contributed by atoms with van der Waals surface area (Å²) in [6, 6.07) is 8.37. The molecule has 0 spiro atoms. The van der Waals surface area contributed by atoms with E-state index in [4.69, 9.17) is 5.73 Å². The Morgan fingerprint density at radius 2 is 1.89 bits per heavy atom. The van der Waals surface area contributed by atoms with Crippen LogP contribution in [0.5, 0.6) is 0 Å². The number of likely N-dealkylation sites (N-methyl/N-ethyl adjacent to an activating group) is 1. The average Bonchev–Trinajstić information content (AvgIpc) is 2.66. The highest BCUT2D eigenvalue weighted by atomic mass is 15.1. The number of anilines is 1. The normalized spacial score (nSPS) is 11.6. The second kappa shape index (κ2) is 5.44. The van der Waals surface area contributed by atoms with Gasteiger partial charge in [0, 0.05) is 35.4 Å². The number of hydrogen-bond acceptors (Lipinski definition) is 2. The van der Waals surface area contributed by atoms with E-state index in [0.717, 1.165) is 31.9 Å². The Balaban J connectivity index is 2.24. The van der Waals surface area contributed by atoms with Crippen molar-refractivity contribution in [2.45, 2.75) is 27.3 Å². The van der Waals surface area contributed by atoms with Crippen LogP contribution in [0.2, 0.25) is 0 Å². The summed E-state index contributed by atoms with van der Waals surface area (Å²) in [5, 5.41) is 1.24. The van der Waals surface area contributed by atoms with E-state index in [1.165, 1.54) is 16.6 Å². The van der Waals surface area contributed by atoms with Crippen LogP contribution < -0.4 is 5.73 Å². The lowest BCUT2D eigenvalue weighted by Gasteiger charge is -2.19. The summed E-state index contributed by atoms with van der Waals surface area (Å²) in [7, 11) is 0. The molecule has 1 aromatic carbocycles. The Kier molecular flexibility index (Phi) is 3.92. The molecule has 0 amide bonds. The van der Waals surface area contributed by atoms with Crippen LogP contribution in [-0.2, 0) is 6.54 Å². The van der Waals surface area contributed by atoms with Gasteiger partial charge in [0.05, 0.1) is 0 Å². The van der Waals surface area contributed by atoms with Gasteiger partial charge in [0.25, 0.3) is 0 Å². The second-order valence-electron chi connectivity index (χ2n) is 4.78. The van der Waals surface area contributed by atoms with Gasteiger partial charge < -0.3 is 15.2 Å². The van der Waals surface area contributed by atoms with E-state index < -0.39 is 0 Å². The van der Waals surface area contributed by atoms with E-state index >= 15 is 0 Å². The first-order chi connectivity index (χ1) is 8.65. The van der Waals surface area contributed by atoms with Crippen molar-refractivity contribution in [3.8, 4) is 0 Å². The van der Waals surface area contributed by atoms with E-state index in [2.05, 4.69) is 48.4 Å². The molecular weight excluding hydrogens is 222 g/mol. The van der Waals surface area contributed by atoms with Crippen molar-refractivity contribution >= 4 is 16.6 Å². The summed E-state index contributed by atoms with van der Waals surface area (Å²) >= 11 is 0. The fourth-order valence-electron chi connectivity index (χ4n) is 2.51. The summed E-state index contributed by atoms with van der Waals surface area (Å²) in [5.41, 5.74) is 9.26. The van der Waals surface area contributed by atoms with Crippen LogP contribution >= 0.6 is 0 Å². The zero-order valence-electron chi connectivity index (χ0n) is 11.6. The molecule has 1 aromatic heterocycles. The molecule has 98 valence electrons. The van der Waals surface area contributed by atoms with Gasteiger partial charge in [-0.3, -0.25) is 0 Å². The van der Waals surface area contributed by atoms with Gasteiger partial charge in [-0.1, -0.05) is 13.8 Å². The lowest BCUT2D eigenvalue weighted by Crippen LogP contribution is -2.27. The maximum Gasteiger partial charge on any atom is 0.0484 e. The van der Waals surface area contributed by atoms with Crippen molar-refractivity contribution in [2.24, 2.45) is 0 Å². The van der Waals surface area contributed by atoms with Crippen molar-refractivity contribution in [1.82, 2.24) is 9.47 Å². The van der Waals surface area contributed by atoms with Crippen LogP contribution in [0.3, 0.4) is 0 Å². The van der Waals surface area contributed by atoms with Gasteiger partial charge in [-0.05, 0) is 44.3 Å². The van der Waals surface area contributed by atoms with Gasteiger partial charge in [0.2, 0.25) is 0 Å². The molecule has 0 unspecified atom stereocenters. The van der Waals surface area contributed by atoms with E-state index in [1.54, 1.807) is 0 Å². The van der Waals surface area contributed by atoms with Gasteiger partial charge in [-0.15, -0.1) is 0 Å². The molecular formula is C15H23N3. The van der Waals surface area contributed by atoms with Crippen LogP contribution in [0.15, 0.2) is 24.3 Å². The lowest BCUT2D eigenvalue weighted by atomic mass is 10.2. The fraction of sp³-hybridized carbons (Fsp3) is 0.467. The number of aromatic nitrogens is 1. The molecule has 0 atom stereocenters.